The Kier molecular flexibility index (Phi) is 5.07. The van der Waals surface area contributed by atoms with Crippen molar-refractivity contribution < 1.29 is 21.4 Å². The van der Waals surface area contributed by atoms with E-state index in [1.54, 1.807) is 18.5 Å². The van der Waals surface area contributed by atoms with E-state index in [1.165, 1.54) is 12.1 Å². The van der Waals surface area contributed by atoms with Crippen molar-refractivity contribution >= 4 is 12.0 Å². The molecule has 0 saturated carbocycles. The van der Waals surface area contributed by atoms with Crippen LogP contribution in [0.3, 0.4) is 0 Å². The fourth-order valence-electron chi connectivity index (χ4n) is 0.750. The highest BCUT2D eigenvalue weighted by atomic mass is 35.5. The molecule has 1 aromatic rings. The van der Waals surface area contributed by atoms with Crippen LogP contribution in [0.15, 0.2) is 24.3 Å². The number of hydrogen-bond acceptors (Lipinski definition) is 0. The van der Waals surface area contributed by atoms with Gasteiger partial charge in [-0.2, -0.15) is 0 Å². The largest absolute Gasteiger partial charge is 1.00 e. The van der Waals surface area contributed by atoms with Gasteiger partial charge in [0.2, 0.25) is 6.34 Å². The molecular weight excluding hydrogens is 191 g/mol. The summed E-state index contributed by atoms with van der Waals surface area (Å²) in [6.07, 6.45) is 1.80. The maximum Gasteiger partial charge on any atom is 0.236 e. The molecule has 0 saturated heterocycles. The van der Waals surface area contributed by atoms with Crippen LogP contribution in [-0.4, -0.2) is 25.0 Å². The van der Waals surface area contributed by atoms with Gasteiger partial charge < -0.3 is 12.4 Å². The third kappa shape index (κ3) is 4.48. The van der Waals surface area contributed by atoms with Crippen molar-refractivity contribution in [1.29, 1.82) is 0 Å². The summed E-state index contributed by atoms with van der Waals surface area (Å²) in [5.74, 6) is -0.217. The molecule has 0 heterocycles. The lowest BCUT2D eigenvalue weighted by Gasteiger charge is -1.94. The van der Waals surface area contributed by atoms with E-state index in [1.807, 2.05) is 18.7 Å². The van der Waals surface area contributed by atoms with Crippen LogP contribution in [-0.2, 0) is 0 Å². The minimum absolute atomic E-state index is 0. The lowest BCUT2D eigenvalue weighted by Crippen LogP contribution is -3.00. The monoisotopic (exact) mass is 202 g/mol. The summed E-state index contributed by atoms with van der Waals surface area (Å²) >= 11 is 0. The molecule has 1 N–H and O–H groups in total. The molecule has 0 fully saturated rings. The Hall–Kier alpha value is -1.09. The van der Waals surface area contributed by atoms with Crippen LogP contribution in [0, 0.1) is 5.82 Å². The normalized spacial score (nSPS) is 8.54. The van der Waals surface area contributed by atoms with Crippen LogP contribution in [0.25, 0.3) is 0 Å². The van der Waals surface area contributed by atoms with E-state index < -0.39 is 0 Å². The van der Waals surface area contributed by atoms with Crippen LogP contribution in [0.2, 0.25) is 0 Å². The summed E-state index contributed by atoms with van der Waals surface area (Å²) in [4.78, 5) is 0. The third-order valence-corrected chi connectivity index (χ3v) is 1.33. The highest BCUT2D eigenvalue weighted by Crippen LogP contribution is 2.06. The van der Waals surface area contributed by atoms with Gasteiger partial charge in [0.25, 0.3) is 0 Å². The first-order chi connectivity index (χ1) is 5.68. The van der Waals surface area contributed by atoms with Crippen LogP contribution in [0.4, 0.5) is 10.1 Å². The summed E-state index contributed by atoms with van der Waals surface area (Å²) in [5, 5.41) is 3.01. The topological polar surface area (TPSA) is 15.0 Å². The number of hydrogen-bond donors (Lipinski definition) is 1. The van der Waals surface area contributed by atoms with Crippen molar-refractivity contribution in [2.24, 2.45) is 0 Å². The molecule has 1 rings (SSSR count). The molecule has 0 spiro atoms. The molecule has 0 aliphatic carbocycles. The fraction of sp³-hybridized carbons (Fsp3) is 0.222. The van der Waals surface area contributed by atoms with Gasteiger partial charge in [0.05, 0.1) is 14.1 Å². The lowest BCUT2D eigenvalue weighted by molar-refractivity contribution is -0.459. The van der Waals surface area contributed by atoms with Crippen LogP contribution in [0.5, 0.6) is 0 Å². The van der Waals surface area contributed by atoms with Gasteiger partial charge in [0.15, 0.2) is 0 Å². The van der Waals surface area contributed by atoms with Gasteiger partial charge in [-0.15, -0.1) is 0 Å². The number of benzene rings is 1. The van der Waals surface area contributed by atoms with E-state index in [0.717, 1.165) is 5.69 Å². The van der Waals surface area contributed by atoms with Crippen molar-refractivity contribution in [2.75, 3.05) is 19.4 Å². The predicted molar refractivity (Wildman–Crippen MR) is 48.2 cm³/mol. The Balaban J connectivity index is 0.00000144. The smallest absolute Gasteiger partial charge is 0.236 e. The first kappa shape index (κ1) is 11.9. The summed E-state index contributed by atoms with van der Waals surface area (Å²) in [7, 11) is 3.83. The highest BCUT2D eigenvalue weighted by molar-refractivity contribution is 5.71. The van der Waals surface area contributed by atoms with Crippen molar-refractivity contribution in [3.63, 3.8) is 0 Å². The summed E-state index contributed by atoms with van der Waals surface area (Å²) < 4.78 is 14.3. The highest BCUT2D eigenvalue weighted by Gasteiger charge is 1.93. The Morgan fingerprint density at radius 1 is 1.23 bits per heavy atom. The number of nitrogens with zero attached hydrogens (tertiary/aromatic N) is 1. The Bertz CT molecular complexity index is 278. The van der Waals surface area contributed by atoms with Gasteiger partial charge in [-0.05, 0) is 24.3 Å². The standard InChI is InChI=1S/C9H11FN2.ClH/c1-12(2)7-11-9-5-3-8(10)4-6-9;/h3-7H,1-2H3;1H. The summed E-state index contributed by atoms with van der Waals surface area (Å²) in [5.41, 5.74) is 0.880. The first-order valence-corrected chi connectivity index (χ1v) is 3.70. The SMILES string of the molecule is C[N+](C)=CNc1ccc(F)cc1.[Cl-]. The lowest BCUT2D eigenvalue weighted by atomic mass is 10.3. The predicted octanol–water partition coefficient (Wildman–Crippen LogP) is -1.46. The molecule has 0 unspecified atom stereocenters. The molecular formula is C9H12ClFN2. The van der Waals surface area contributed by atoms with Crippen LogP contribution in [0.1, 0.15) is 0 Å². The number of rotatable bonds is 2. The average Bonchev–Trinajstić information content (AvgIpc) is 2.03. The fourth-order valence-corrected chi connectivity index (χ4v) is 0.750. The zero-order valence-corrected chi connectivity index (χ0v) is 8.35. The Morgan fingerprint density at radius 3 is 2.23 bits per heavy atom. The molecule has 0 amide bonds. The molecule has 1 aromatic carbocycles. The second-order valence-corrected chi connectivity index (χ2v) is 2.74. The van der Waals surface area contributed by atoms with Crippen molar-refractivity contribution in [3.05, 3.63) is 30.1 Å². The molecule has 72 valence electrons. The zero-order chi connectivity index (χ0) is 8.97. The van der Waals surface area contributed by atoms with Gasteiger partial charge >= 0.3 is 0 Å². The maximum absolute atomic E-state index is 12.4. The quantitative estimate of drug-likeness (QED) is 0.352. The molecule has 2 nitrogen and oxygen atoms in total. The van der Waals surface area contributed by atoms with E-state index in [4.69, 9.17) is 0 Å². The van der Waals surface area contributed by atoms with E-state index in [2.05, 4.69) is 5.32 Å². The summed E-state index contributed by atoms with van der Waals surface area (Å²) in [6, 6.07) is 6.22. The van der Waals surface area contributed by atoms with Gasteiger partial charge in [0.1, 0.15) is 11.5 Å². The number of anilines is 1. The minimum atomic E-state index is -0.217. The van der Waals surface area contributed by atoms with Crippen molar-refractivity contribution in [2.45, 2.75) is 0 Å². The van der Waals surface area contributed by atoms with Gasteiger partial charge in [-0.3, -0.25) is 4.58 Å². The first-order valence-electron chi connectivity index (χ1n) is 3.70. The Labute approximate surface area is 83.5 Å². The molecule has 0 radical (unpaired) electrons. The number of nitrogens with one attached hydrogen (secondary N) is 1. The zero-order valence-electron chi connectivity index (χ0n) is 7.59. The van der Waals surface area contributed by atoms with Crippen LogP contribution < -0.4 is 17.7 Å². The molecule has 0 aromatic heterocycles. The minimum Gasteiger partial charge on any atom is -1.00 e. The number of halogens is 2. The second-order valence-electron chi connectivity index (χ2n) is 2.74. The van der Waals surface area contributed by atoms with Crippen molar-refractivity contribution in [1.82, 2.24) is 0 Å². The third-order valence-electron chi connectivity index (χ3n) is 1.33. The van der Waals surface area contributed by atoms with E-state index in [-0.39, 0.29) is 18.2 Å². The van der Waals surface area contributed by atoms with E-state index in [9.17, 15) is 4.39 Å². The van der Waals surface area contributed by atoms with Gasteiger partial charge in [-0.25, -0.2) is 9.71 Å². The molecule has 0 atom stereocenters. The van der Waals surface area contributed by atoms with Crippen molar-refractivity contribution in [3.8, 4) is 0 Å². The second kappa shape index (κ2) is 5.54. The van der Waals surface area contributed by atoms with Gasteiger partial charge in [0, 0.05) is 0 Å². The molecule has 0 bridgehead atoms. The molecule has 0 aliphatic heterocycles. The van der Waals surface area contributed by atoms with Gasteiger partial charge in [-0.1, -0.05) is 0 Å². The maximum atomic E-state index is 12.4. The van der Waals surface area contributed by atoms with E-state index in [0.29, 0.717) is 0 Å². The summed E-state index contributed by atoms with van der Waals surface area (Å²) in [6.45, 7) is 0. The molecule has 0 aliphatic rings. The molecule has 13 heavy (non-hydrogen) atoms. The van der Waals surface area contributed by atoms with E-state index >= 15 is 0 Å². The Morgan fingerprint density at radius 2 is 1.77 bits per heavy atom. The molecule has 4 heteroatoms. The van der Waals surface area contributed by atoms with Crippen LogP contribution >= 0.6 is 0 Å². The average molecular weight is 203 g/mol.